The van der Waals surface area contributed by atoms with Gasteiger partial charge in [-0.1, -0.05) is 18.2 Å². The van der Waals surface area contributed by atoms with Crippen molar-refractivity contribution in [2.24, 2.45) is 5.92 Å². The predicted octanol–water partition coefficient (Wildman–Crippen LogP) is 3.55. The van der Waals surface area contributed by atoms with E-state index in [1.165, 1.54) is 0 Å². The van der Waals surface area contributed by atoms with Crippen LogP contribution in [0.5, 0.6) is 0 Å². The van der Waals surface area contributed by atoms with Crippen LogP contribution in [0.4, 0.5) is 11.4 Å². The molecule has 0 atom stereocenters. The molecule has 1 aliphatic heterocycles. The van der Waals surface area contributed by atoms with Gasteiger partial charge in [0.2, 0.25) is 5.91 Å². The Balaban J connectivity index is 1.54. The molecule has 0 radical (unpaired) electrons. The summed E-state index contributed by atoms with van der Waals surface area (Å²) < 4.78 is 0. The largest absolute Gasteiger partial charge is 0.322 e. The fraction of sp³-hybridized carbons (Fsp3) is 0.300. The molecule has 1 aliphatic carbocycles. The predicted molar refractivity (Wildman–Crippen MR) is 94.4 cm³/mol. The second-order valence-electron chi connectivity index (χ2n) is 6.63. The standard InChI is InChI=1S/C20H20N2O2/c1-13-4-2-3-5-17(13)21-19(23)16-8-9-18-15(12-16)10-11-22(18)20(24)14-6-7-14/h2-5,8-9,12,14H,6-7,10-11H2,1H3,(H,21,23). The molecular weight excluding hydrogens is 300 g/mol. The quantitative estimate of drug-likeness (QED) is 0.940. The van der Waals surface area contributed by atoms with E-state index >= 15 is 0 Å². The number of nitrogens with one attached hydrogen (secondary N) is 1. The van der Waals surface area contributed by atoms with Gasteiger partial charge in [-0.05, 0) is 61.6 Å². The molecule has 1 fully saturated rings. The Labute approximate surface area is 141 Å². The normalized spacial score (nSPS) is 16.0. The summed E-state index contributed by atoms with van der Waals surface area (Å²) in [6.45, 7) is 2.70. The molecule has 2 aromatic rings. The molecule has 1 saturated carbocycles. The van der Waals surface area contributed by atoms with Crippen molar-refractivity contribution in [1.82, 2.24) is 0 Å². The van der Waals surface area contributed by atoms with Crippen molar-refractivity contribution in [3.63, 3.8) is 0 Å². The highest BCUT2D eigenvalue weighted by atomic mass is 16.2. The summed E-state index contributed by atoms with van der Waals surface area (Å²) in [5, 5.41) is 2.96. The molecule has 0 unspecified atom stereocenters. The van der Waals surface area contributed by atoms with Crippen molar-refractivity contribution in [1.29, 1.82) is 0 Å². The zero-order chi connectivity index (χ0) is 16.7. The van der Waals surface area contributed by atoms with Crippen molar-refractivity contribution in [2.45, 2.75) is 26.2 Å². The molecule has 24 heavy (non-hydrogen) atoms. The van der Waals surface area contributed by atoms with Gasteiger partial charge in [-0.2, -0.15) is 0 Å². The highest BCUT2D eigenvalue weighted by Crippen LogP contribution is 2.36. The van der Waals surface area contributed by atoms with Gasteiger partial charge in [0.15, 0.2) is 0 Å². The van der Waals surface area contributed by atoms with Gasteiger partial charge in [-0.25, -0.2) is 0 Å². The van der Waals surface area contributed by atoms with Crippen LogP contribution in [0.2, 0.25) is 0 Å². The zero-order valence-electron chi connectivity index (χ0n) is 13.7. The minimum Gasteiger partial charge on any atom is -0.322 e. The van der Waals surface area contributed by atoms with Gasteiger partial charge in [-0.15, -0.1) is 0 Å². The number of hydrogen-bond donors (Lipinski definition) is 1. The van der Waals surface area contributed by atoms with Gasteiger partial charge in [0, 0.05) is 29.4 Å². The van der Waals surface area contributed by atoms with Crippen LogP contribution >= 0.6 is 0 Å². The number of benzene rings is 2. The van der Waals surface area contributed by atoms with Gasteiger partial charge < -0.3 is 10.2 Å². The van der Waals surface area contributed by atoms with Crippen LogP contribution < -0.4 is 10.2 Å². The summed E-state index contributed by atoms with van der Waals surface area (Å²) >= 11 is 0. The number of rotatable bonds is 3. The number of nitrogens with zero attached hydrogens (tertiary/aromatic N) is 1. The molecule has 4 nitrogen and oxygen atoms in total. The average molecular weight is 320 g/mol. The minimum atomic E-state index is -0.112. The Hall–Kier alpha value is -2.62. The van der Waals surface area contributed by atoms with Crippen molar-refractivity contribution in [3.05, 3.63) is 59.2 Å². The van der Waals surface area contributed by atoms with Crippen molar-refractivity contribution < 1.29 is 9.59 Å². The Morgan fingerprint density at radius 1 is 1.12 bits per heavy atom. The molecule has 2 aromatic carbocycles. The molecule has 4 heteroatoms. The van der Waals surface area contributed by atoms with Crippen LogP contribution in [0.15, 0.2) is 42.5 Å². The van der Waals surface area contributed by atoms with E-state index in [1.54, 1.807) is 0 Å². The molecule has 0 bridgehead atoms. The molecule has 1 N–H and O–H groups in total. The number of carbonyl (C=O) groups is 2. The van der Waals surface area contributed by atoms with Crippen LogP contribution in [0.3, 0.4) is 0 Å². The first kappa shape index (κ1) is 14.9. The lowest BCUT2D eigenvalue weighted by Gasteiger charge is -2.17. The number of carbonyl (C=O) groups excluding carboxylic acids is 2. The second-order valence-corrected chi connectivity index (χ2v) is 6.63. The summed E-state index contributed by atoms with van der Waals surface area (Å²) in [6.07, 6.45) is 2.85. The lowest BCUT2D eigenvalue weighted by atomic mass is 10.1. The molecule has 2 aliphatic rings. The smallest absolute Gasteiger partial charge is 0.255 e. The van der Waals surface area contributed by atoms with Crippen LogP contribution in [-0.2, 0) is 11.2 Å². The third-order valence-electron chi connectivity index (χ3n) is 4.82. The molecule has 4 rings (SSSR count). The second kappa shape index (κ2) is 5.78. The maximum atomic E-state index is 12.5. The summed E-state index contributed by atoms with van der Waals surface area (Å²) in [7, 11) is 0. The number of anilines is 2. The van der Waals surface area contributed by atoms with Gasteiger partial charge in [-0.3, -0.25) is 9.59 Å². The topological polar surface area (TPSA) is 49.4 Å². The number of para-hydroxylation sites is 1. The summed E-state index contributed by atoms with van der Waals surface area (Å²) in [5.74, 6) is 0.352. The van der Waals surface area contributed by atoms with Crippen LogP contribution in [0, 0.1) is 12.8 Å². The third kappa shape index (κ3) is 2.68. The number of aryl methyl sites for hydroxylation is 1. The van der Waals surface area contributed by atoms with E-state index in [-0.39, 0.29) is 17.7 Å². The Kier molecular flexibility index (Phi) is 3.60. The Morgan fingerprint density at radius 2 is 1.92 bits per heavy atom. The van der Waals surface area contributed by atoms with Crippen LogP contribution in [0.1, 0.15) is 34.3 Å². The highest BCUT2D eigenvalue weighted by molar-refractivity contribution is 6.06. The highest BCUT2D eigenvalue weighted by Gasteiger charge is 2.36. The van der Waals surface area contributed by atoms with E-state index in [0.717, 1.165) is 48.3 Å². The third-order valence-corrected chi connectivity index (χ3v) is 4.82. The minimum absolute atomic E-state index is 0.112. The molecular formula is C20H20N2O2. The zero-order valence-corrected chi connectivity index (χ0v) is 13.7. The lowest BCUT2D eigenvalue weighted by Crippen LogP contribution is -2.30. The van der Waals surface area contributed by atoms with E-state index in [2.05, 4.69) is 5.32 Å². The van der Waals surface area contributed by atoms with Gasteiger partial charge in [0.1, 0.15) is 0 Å². The fourth-order valence-corrected chi connectivity index (χ4v) is 3.23. The first-order valence-electron chi connectivity index (χ1n) is 8.45. The average Bonchev–Trinajstić information content (AvgIpc) is 3.35. The first-order valence-corrected chi connectivity index (χ1v) is 8.45. The molecule has 2 amide bonds. The SMILES string of the molecule is Cc1ccccc1NC(=O)c1ccc2c(c1)CCN2C(=O)C1CC1. The van der Waals surface area contributed by atoms with E-state index in [1.807, 2.05) is 54.3 Å². The fourth-order valence-electron chi connectivity index (χ4n) is 3.23. The number of amides is 2. The molecule has 0 aromatic heterocycles. The monoisotopic (exact) mass is 320 g/mol. The lowest BCUT2D eigenvalue weighted by molar-refractivity contribution is -0.119. The summed E-state index contributed by atoms with van der Waals surface area (Å²) in [4.78, 5) is 26.7. The molecule has 1 heterocycles. The van der Waals surface area contributed by atoms with Crippen molar-refractivity contribution in [2.75, 3.05) is 16.8 Å². The molecule has 122 valence electrons. The Bertz CT molecular complexity index is 824. The van der Waals surface area contributed by atoms with Gasteiger partial charge in [0.25, 0.3) is 5.91 Å². The maximum Gasteiger partial charge on any atom is 0.255 e. The molecule has 0 saturated heterocycles. The van der Waals surface area contributed by atoms with Crippen LogP contribution in [0.25, 0.3) is 0 Å². The molecule has 0 spiro atoms. The first-order chi connectivity index (χ1) is 11.6. The van der Waals surface area contributed by atoms with E-state index in [9.17, 15) is 9.59 Å². The van der Waals surface area contributed by atoms with E-state index in [0.29, 0.717) is 5.56 Å². The number of hydrogen-bond acceptors (Lipinski definition) is 2. The maximum absolute atomic E-state index is 12.5. The van der Waals surface area contributed by atoms with Gasteiger partial charge >= 0.3 is 0 Å². The Morgan fingerprint density at radius 3 is 2.67 bits per heavy atom. The van der Waals surface area contributed by atoms with E-state index in [4.69, 9.17) is 0 Å². The van der Waals surface area contributed by atoms with Crippen molar-refractivity contribution in [3.8, 4) is 0 Å². The van der Waals surface area contributed by atoms with Crippen molar-refractivity contribution >= 4 is 23.2 Å². The number of fused-ring (bicyclic) bond motifs is 1. The van der Waals surface area contributed by atoms with Crippen LogP contribution in [-0.4, -0.2) is 18.4 Å². The summed E-state index contributed by atoms with van der Waals surface area (Å²) in [5.41, 5.74) is 4.56. The van der Waals surface area contributed by atoms with Gasteiger partial charge in [0.05, 0.1) is 0 Å². The summed E-state index contributed by atoms with van der Waals surface area (Å²) in [6, 6.07) is 13.4. The van der Waals surface area contributed by atoms with E-state index < -0.39 is 0 Å².